The van der Waals surface area contributed by atoms with E-state index in [2.05, 4.69) is 15.3 Å². The predicted octanol–water partition coefficient (Wildman–Crippen LogP) is 4.73. The molecule has 1 saturated heterocycles. The van der Waals surface area contributed by atoms with Crippen LogP contribution in [-0.4, -0.2) is 115 Å². The summed E-state index contributed by atoms with van der Waals surface area (Å²) in [7, 11) is 1.86. The minimum atomic E-state index is -4.71. The van der Waals surface area contributed by atoms with Crippen molar-refractivity contribution in [2.24, 2.45) is 7.05 Å². The van der Waals surface area contributed by atoms with Gasteiger partial charge in [0.15, 0.2) is 5.69 Å². The van der Waals surface area contributed by atoms with Crippen LogP contribution in [0, 0.1) is 0 Å². The maximum absolute atomic E-state index is 14.1. The zero-order valence-electron chi connectivity index (χ0n) is 31.9. The summed E-state index contributed by atoms with van der Waals surface area (Å²) in [4.78, 5) is 58.4. The molecule has 0 aliphatic carbocycles. The lowest BCUT2D eigenvalue weighted by molar-refractivity contribution is -0.141. The second kappa shape index (κ2) is 18.3. The highest BCUT2D eigenvalue weighted by molar-refractivity contribution is 6.23. The summed E-state index contributed by atoms with van der Waals surface area (Å²) >= 11 is 0. The van der Waals surface area contributed by atoms with E-state index in [9.17, 15) is 32.3 Å². The number of hydrogen-bond donors (Lipinski definition) is 1. The Hall–Kier alpha value is -5.95. The van der Waals surface area contributed by atoms with Crippen LogP contribution in [0.25, 0.3) is 32.9 Å². The van der Waals surface area contributed by atoms with Crippen molar-refractivity contribution in [3.05, 3.63) is 83.8 Å². The van der Waals surface area contributed by atoms with Gasteiger partial charge in [-0.2, -0.15) is 13.2 Å². The van der Waals surface area contributed by atoms with Crippen LogP contribution in [0.4, 0.5) is 13.2 Å². The zero-order valence-corrected chi connectivity index (χ0v) is 31.9. The lowest BCUT2D eigenvalue weighted by Gasteiger charge is -2.27. The van der Waals surface area contributed by atoms with Gasteiger partial charge in [0.2, 0.25) is 17.7 Å². The standard InChI is InChI=1S/C41H40F3N5O10/c1-48-32-10-11-45-24-31(32)28-4-2-25(22-34(28)48)27-6-9-36(47-37(27)41(42,43)44)59-21-19-57-17-15-55-13-12-54-14-16-56-18-20-58-26-3-5-29-30(23-26)40(53)49(39(29)52)33-7-8-35(50)46-38(33)51/h2-6,9-11,22-24,33H,7-8,12-21H2,1H3,(H,46,50,51). The number of pyridine rings is 2. The molecule has 2 aliphatic rings. The van der Waals surface area contributed by atoms with Crippen LogP contribution >= 0.6 is 0 Å². The number of halogens is 3. The molecule has 1 unspecified atom stereocenters. The first-order valence-electron chi connectivity index (χ1n) is 18.8. The average Bonchev–Trinajstić information content (AvgIpc) is 3.65. The van der Waals surface area contributed by atoms with Crippen LogP contribution in [-0.2, 0) is 41.8 Å². The summed E-state index contributed by atoms with van der Waals surface area (Å²) in [6, 6.07) is 13.2. The summed E-state index contributed by atoms with van der Waals surface area (Å²) in [6.45, 7) is 2.27. The molecule has 15 nitrogen and oxygen atoms in total. The third-order valence-electron chi connectivity index (χ3n) is 9.76. The van der Waals surface area contributed by atoms with Gasteiger partial charge in [-0.1, -0.05) is 12.1 Å². The molecule has 18 heteroatoms. The average molecular weight is 820 g/mol. The van der Waals surface area contributed by atoms with Crippen molar-refractivity contribution in [3.8, 4) is 22.8 Å². The number of piperidine rings is 1. The van der Waals surface area contributed by atoms with Crippen LogP contribution in [0.2, 0.25) is 0 Å². The van der Waals surface area contributed by atoms with Gasteiger partial charge in [0.05, 0.1) is 69.5 Å². The fraction of sp³-hybridized carbons (Fsp3) is 0.366. The molecular formula is C41H40F3N5O10. The van der Waals surface area contributed by atoms with Gasteiger partial charge in [0.25, 0.3) is 11.8 Å². The SMILES string of the molecule is Cn1c2ccncc2c2ccc(-c3ccc(OCCOCCOCCOCCOCCOc4ccc5c(c4)C(=O)N(C4CCC(=O)NC4=O)C5=O)nc3C(F)(F)F)cc21. The summed E-state index contributed by atoms with van der Waals surface area (Å²) in [5.74, 6) is -2.13. The van der Waals surface area contributed by atoms with Gasteiger partial charge in [-0.25, -0.2) is 4.98 Å². The first kappa shape index (κ1) is 41.2. The third kappa shape index (κ3) is 9.36. The lowest BCUT2D eigenvalue weighted by Crippen LogP contribution is -2.54. The van der Waals surface area contributed by atoms with Gasteiger partial charge in [-0.3, -0.25) is 34.4 Å². The first-order chi connectivity index (χ1) is 28.5. The lowest BCUT2D eigenvalue weighted by atomic mass is 10.0. The van der Waals surface area contributed by atoms with Gasteiger partial charge in [0.1, 0.15) is 25.0 Å². The van der Waals surface area contributed by atoms with Gasteiger partial charge >= 0.3 is 6.18 Å². The van der Waals surface area contributed by atoms with Crippen LogP contribution in [0.5, 0.6) is 11.6 Å². The molecular weight excluding hydrogens is 779 g/mol. The number of rotatable bonds is 19. The van der Waals surface area contributed by atoms with Crippen molar-refractivity contribution in [2.75, 3.05) is 66.1 Å². The van der Waals surface area contributed by atoms with E-state index >= 15 is 0 Å². The molecule has 7 rings (SSSR count). The Morgan fingerprint density at radius 1 is 0.712 bits per heavy atom. The Balaban J connectivity index is 0.734. The monoisotopic (exact) mass is 819 g/mol. The molecule has 5 heterocycles. The molecule has 2 aromatic carbocycles. The van der Waals surface area contributed by atoms with Crippen LogP contribution in [0.1, 0.15) is 39.3 Å². The second-order valence-electron chi connectivity index (χ2n) is 13.5. The molecule has 5 aromatic rings. The molecule has 2 aliphatic heterocycles. The largest absolute Gasteiger partial charge is 0.491 e. The molecule has 0 saturated carbocycles. The number of alkyl halides is 3. The zero-order chi connectivity index (χ0) is 41.5. The smallest absolute Gasteiger partial charge is 0.434 e. The Morgan fingerprint density at radius 2 is 1.36 bits per heavy atom. The minimum Gasteiger partial charge on any atom is -0.491 e. The molecule has 0 spiro atoms. The van der Waals surface area contributed by atoms with Crippen LogP contribution in [0.3, 0.4) is 0 Å². The molecule has 4 amide bonds. The second-order valence-corrected chi connectivity index (χ2v) is 13.5. The Labute approximate surface area is 335 Å². The normalized spacial score (nSPS) is 15.7. The first-order valence-corrected chi connectivity index (χ1v) is 18.8. The Bertz CT molecular complexity index is 2370. The molecule has 3 aromatic heterocycles. The number of carbonyl (C=O) groups is 4. The Morgan fingerprint density at radius 3 is 2.03 bits per heavy atom. The molecule has 1 N–H and O–H groups in total. The Kier molecular flexibility index (Phi) is 12.8. The molecule has 59 heavy (non-hydrogen) atoms. The van der Waals surface area contributed by atoms with E-state index in [1.54, 1.807) is 36.7 Å². The highest BCUT2D eigenvalue weighted by Crippen LogP contribution is 2.39. The van der Waals surface area contributed by atoms with Gasteiger partial charge in [-0.05, 0) is 48.4 Å². The number of hydrogen-bond acceptors (Lipinski definition) is 12. The maximum Gasteiger partial charge on any atom is 0.434 e. The van der Waals surface area contributed by atoms with Gasteiger partial charge < -0.3 is 33.0 Å². The van der Waals surface area contributed by atoms with E-state index in [0.29, 0.717) is 37.7 Å². The van der Waals surface area contributed by atoms with E-state index in [0.717, 1.165) is 26.7 Å². The van der Waals surface area contributed by atoms with E-state index in [1.165, 1.54) is 24.3 Å². The van der Waals surface area contributed by atoms with E-state index in [-0.39, 0.29) is 75.1 Å². The molecule has 1 fully saturated rings. The summed E-state index contributed by atoms with van der Waals surface area (Å²) in [5, 5.41) is 3.97. The fourth-order valence-corrected chi connectivity index (χ4v) is 6.92. The van der Waals surface area contributed by atoms with Crippen molar-refractivity contribution in [1.82, 2.24) is 24.8 Å². The van der Waals surface area contributed by atoms with Crippen molar-refractivity contribution >= 4 is 45.4 Å². The number of amides is 4. The fourth-order valence-electron chi connectivity index (χ4n) is 6.92. The number of nitrogens with one attached hydrogen (secondary N) is 1. The number of carbonyl (C=O) groups excluding carboxylic acids is 4. The van der Waals surface area contributed by atoms with Crippen molar-refractivity contribution < 1.29 is 60.8 Å². The number of aryl methyl sites for hydroxylation is 1. The number of benzene rings is 2. The number of ether oxygens (including phenoxy) is 6. The quantitative estimate of drug-likeness (QED) is 0.0900. The molecule has 1 atom stereocenters. The van der Waals surface area contributed by atoms with Crippen molar-refractivity contribution in [3.63, 3.8) is 0 Å². The third-order valence-corrected chi connectivity index (χ3v) is 9.76. The minimum absolute atomic E-state index is 0.00699. The number of imide groups is 2. The van der Waals surface area contributed by atoms with Crippen molar-refractivity contribution in [1.29, 1.82) is 0 Å². The van der Waals surface area contributed by atoms with E-state index < -0.39 is 41.5 Å². The molecule has 310 valence electrons. The maximum atomic E-state index is 14.1. The van der Waals surface area contributed by atoms with Gasteiger partial charge in [-0.15, -0.1) is 0 Å². The summed E-state index contributed by atoms with van der Waals surface area (Å²) < 4.78 is 77.4. The number of fused-ring (bicyclic) bond motifs is 4. The summed E-state index contributed by atoms with van der Waals surface area (Å²) in [5.41, 5.74) is 1.28. The van der Waals surface area contributed by atoms with Gasteiger partial charge in [0, 0.05) is 53.8 Å². The molecule has 0 radical (unpaired) electrons. The number of nitrogens with zero attached hydrogens (tertiary/aromatic N) is 4. The van der Waals surface area contributed by atoms with Crippen LogP contribution < -0.4 is 14.8 Å². The van der Waals surface area contributed by atoms with E-state index in [4.69, 9.17) is 28.4 Å². The predicted molar refractivity (Wildman–Crippen MR) is 204 cm³/mol. The summed E-state index contributed by atoms with van der Waals surface area (Å²) in [6.07, 6.45) is -1.18. The highest BCUT2D eigenvalue weighted by Gasteiger charge is 2.44. The number of aromatic nitrogens is 3. The van der Waals surface area contributed by atoms with Crippen LogP contribution in [0.15, 0.2) is 67.0 Å². The molecule has 0 bridgehead atoms. The van der Waals surface area contributed by atoms with Crippen molar-refractivity contribution in [2.45, 2.75) is 25.1 Å². The topological polar surface area (TPSA) is 170 Å². The highest BCUT2D eigenvalue weighted by atomic mass is 19.4. The van der Waals surface area contributed by atoms with E-state index in [1.807, 2.05) is 17.7 Å².